The van der Waals surface area contributed by atoms with E-state index in [2.05, 4.69) is 0 Å². The van der Waals surface area contributed by atoms with Crippen molar-refractivity contribution in [2.75, 3.05) is 6.54 Å². The summed E-state index contributed by atoms with van der Waals surface area (Å²) in [6.07, 6.45) is -0.786. The van der Waals surface area contributed by atoms with Crippen LogP contribution in [0.25, 0.3) is 0 Å². The van der Waals surface area contributed by atoms with Gasteiger partial charge in [0.1, 0.15) is 0 Å². The summed E-state index contributed by atoms with van der Waals surface area (Å²) >= 11 is 11.6. The van der Waals surface area contributed by atoms with Crippen LogP contribution in [-0.2, 0) is 0 Å². The Bertz CT molecular complexity index is 258. The van der Waals surface area contributed by atoms with Gasteiger partial charge in [-0.3, -0.25) is 0 Å². The summed E-state index contributed by atoms with van der Waals surface area (Å²) in [7, 11) is 0. The van der Waals surface area contributed by atoms with Gasteiger partial charge in [-0.15, -0.1) is 0 Å². The molecule has 0 amide bonds. The van der Waals surface area contributed by atoms with Crippen molar-refractivity contribution in [1.82, 2.24) is 0 Å². The maximum Gasteiger partial charge on any atom is 0.0941 e. The van der Waals surface area contributed by atoms with Gasteiger partial charge < -0.3 is 10.8 Å². The van der Waals surface area contributed by atoms with Gasteiger partial charge in [0.05, 0.1) is 6.10 Å². The van der Waals surface area contributed by atoms with Crippen LogP contribution in [0, 0.1) is 0 Å². The van der Waals surface area contributed by atoms with Crippen LogP contribution in [0.4, 0.5) is 0 Å². The van der Waals surface area contributed by atoms with E-state index >= 15 is 0 Å². The quantitative estimate of drug-likeness (QED) is 0.777. The molecule has 12 heavy (non-hydrogen) atoms. The van der Waals surface area contributed by atoms with E-state index < -0.39 is 6.10 Å². The molecule has 0 spiro atoms. The number of hydrogen-bond acceptors (Lipinski definition) is 2. The lowest BCUT2D eigenvalue weighted by atomic mass is 10.1. The fourth-order valence-corrected chi connectivity index (χ4v) is 1.60. The zero-order valence-electron chi connectivity index (χ0n) is 6.30. The molecule has 0 bridgehead atoms. The number of aliphatic hydroxyl groups excluding tert-OH is 1. The van der Waals surface area contributed by atoms with E-state index in [1.165, 1.54) is 0 Å². The predicted octanol–water partition coefficient (Wildman–Crippen LogP) is 1.99. The average Bonchev–Trinajstić information content (AvgIpc) is 2.03. The standard InChI is InChI=1S/C8H9Cl2NO/c9-5-2-1-3-6(10)8(5)7(12)4-11/h1-3,7,12H,4,11H2/t7-/m1/s1. The summed E-state index contributed by atoms with van der Waals surface area (Å²) in [4.78, 5) is 0. The summed E-state index contributed by atoms with van der Waals surface area (Å²) in [5.41, 5.74) is 5.78. The SMILES string of the molecule is NC[C@@H](O)c1c(Cl)cccc1Cl. The number of rotatable bonds is 2. The smallest absolute Gasteiger partial charge is 0.0941 e. The molecule has 0 heterocycles. The first-order valence-corrected chi connectivity index (χ1v) is 4.24. The fourth-order valence-electron chi connectivity index (χ4n) is 0.947. The van der Waals surface area contributed by atoms with Crippen molar-refractivity contribution < 1.29 is 5.11 Å². The lowest BCUT2D eigenvalue weighted by molar-refractivity contribution is 0.187. The summed E-state index contributed by atoms with van der Waals surface area (Å²) in [6, 6.07) is 5.06. The van der Waals surface area contributed by atoms with Crippen molar-refractivity contribution >= 4 is 23.2 Å². The monoisotopic (exact) mass is 205 g/mol. The van der Waals surface area contributed by atoms with Gasteiger partial charge in [-0.2, -0.15) is 0 Å². The number of nitrogens with two attached hydrogens (primary N) is 1. The molecule has 0 saturated carbocycles. The third-order valence-electron chi connectivity index (χ3n) is 1.56. The topological polar surface area (TPSA) is 46.2 Å². The molecule has 0 aliphatic carbocycles. The van der Waals surface area contributed by atoms with Crippen molar-refractivity contribution in [2.24, 2.45) is 5.73 Å². The van der Waals surface area contributed by atoms with Crippen LogP contribution >= 0.6 is 23.2 Å². The Morgan fingerprint density at radius 1 is 1.33 bits per heavy atom. The van der Waals surface area contributed by atoms with Gasteiger partial charge >= 0.3 is 0 Å². The number of hydrogen-bond donors (Lipinski definition) is 2. The summed E-state index contributed by atoms with van der Waals surface area (Å²) in [6.45, 7) is 0.115. The zero-order valence-corrected chi connectivity index (χ0v) is 7.81. The average molecular weight is 206 g/mol. The summed E-state index contributed by atoms with van der Waals surface area (Å²) in [5.74, 6) is 0. The second-order valence-corrected chi connectivity index (χ2v) is 3.20. The first-order valence-electron chi connectivity index (χ1n) is 3.49. The van der Waals surface area contributed by atoms with E-state index in [4.69, 9.17) is 28.9 Å². The van der Waals surface area contributed by atoms with E-state index in [1.807, 2.05) is 0 Å². The molecule has 0 fully saturated rings. The molecule has 1 aromatic carbocycles. The minimum Gasteiger partial charge on any atom is -0.387 e. The van der Waals surface area contributed by atoms with E-state index in [0.29, 0.717) is 15.6 Å². The molecule has 0 aromatic heterocycles. The van der Waals surface area contributed by atoms with Gasteiger partial charge in [0.15, 0.2) is 0 Å². The summed E-state index contributed by atoms with van der Waals surface area (Å²) < 4.78 is 0. The van der Waals surface area contributed by atoms with Crippen LogP contribution in [-0.4, -0.2) is 11.7 Å². The van der Waals surface area contributed by atoms with E-state index in [-0.39, 0.29) is 6.54 Å². The fraction of sp³-hybridized carbons (Fsp3) is 0.250. The summed E-state index contributed by atoms with van der Waals surface area (Å²) in [5, 5.41) is 10.3. The van der Waals surface area contributed by atoms with Crippen molar-refractivity contribution in [3.63, 3.8) is 0 Å². The Hall–Kier alpha value is -0.280. The highest BCUT2D eigenvalue weighted by Crippen LogP contribution is 2.29. The maximum atomic E-state index is 9.40. The van der Waals surface area contributed by atoms with Crippen LogP contribution in [0.15, 0.2) is 18.2 Å². The molecule has 1 aromatic rings. The Kier molecular flexibility index (Phi) is 3.35. The van der Waals surface area contributed by atoms with Crippen LogP contribution in [0.1, 0.15) is 11.7 Å². The highest BCUT2D eigenvalue weighted by Gasteiger charge is 2.12. The van der Waals surface area contributed by atoms with E-state index in [1.54, 1.807) is 18.2 Å². The highest BCUT2D eigenvalue weighted by molar-refractivity contribution is 6.36. The van der Waals surface area contributed by atoms with Crippen molar-refractivity contribution in [2.45, 2.75) is 6.10 Å². The second kappa shape index (κ2) is 4.10. The Morgan fingerprint density at radius 2 is 1.83 bits per heavy atom. The first-order chi connectivity index (χ1) is 5.66. The predicted molar refractivity (Wildman–Crippen MR) is 50.5 cm³/mol. The molecule has 4 heteroatoms. The van der Waals surface area contributed by atoms with Crippen molar-refractivity contribution in [1.29, 1.82) is 0 Å². The van der Waals surface area contributed by atoms with Gasteiger partial charge in [-0.05, 0) is 12.1 Å². The number of aliphatic hydroxyl groups is 1. The molecule has 1 rings (SSSR count). The molecule has 0 aliphatic rings. The number of benzene rings is 1. The molecule has 0 radical (unpaired) electrons. The lowest BCUT2D eigenvalue weighted by Crippen LogP contribution is -2.12. The van der Waals surface area contributed by atoms with Gasteiger partial charge in [-0.1, -0.05) is 29.3 Å². The number of halogens is 2. The zero-order chi connectivity index (χ0) is 9.14. The second-order valence-electron chi connectivity index (χ2n) is 2.39. The maximum absolute atomic E-state index is 9.40. The Morgan fingerprint density at radius 3 is 2.25 bits per heavy atom. The molecule has 0 saturated heterocycles. The normalized spacial score (nSPS) is 13.0. The minimum absolute atomic E-state index is 0.115. The molecule has 0 aliphatic heterocycles. The third kappa shape index (κ3) is 1.90. The molecule has 1 atom stereocenters. The van der Waals surface area contributed by atoms with Crippen LogP contribution in [0.2, 0.25) is 10.0 Å². The molecule has 66 valence electrons. The van der Waals surface area contributed by atoms with Gasteiger partial charge in [0, 0.05) is 22.2 Å². The van der Waals surface area contributed by atoms with Gasteiger partial charge in [0.2, 0.25) is 0 Å². The molecular weight excluding hydrogens is 197 g/mol. The minimum atomic E-state index is -0.786. The Balaban J connectivity index is 3.12. The molecular formula is C8H9Cl2NO. The van der Waals surface area contributed by atoms with Crippen molar-refractivity contribution in [3.05, 3.63) is 33.8 Å². The van der Waals surface area contributed by atoms with Gasteiger partial charge in [0.25, 0.3) is 0 Å². The largest absolute Gasteiger partial charge is 0.387 e. The molecule has 0 unspecified atom stereocenters. The third-order valence-corrected chi connectivity index (χ3v) is 2.22. The highest BCUT2D eigenvalue weighted by atomic mass is 35.5. The van der Waals surface area contributed by atoms with Crippen LogP contribution < -0.4 is 5.73 Å². The van der Waals surface area contributed by atoms with Crippen molar-refractivity contribution in [3.8, 4) is 0 Å². The molecule has 2 nitrogen and oxygen atoms in total. The van der Waals surface area contributed by atoms with Crippen LogP contribution in [0.5, 0.6) is 0 Å². The Labute approximate surface area is 80.9 Å². The van der Waals surface area contributed by atoms with E-state index in [0.717, 1.165) is 0 Å². The van der Waals surface area contributed by atoms with Crippen LogP contribution in [0.3, 0.4) is 0 Å². The molecule has 3 N–H and O–H groups in total. The first kappa shape index (κ1) is 9.81. The van der Waals surface area contributed by atoms with E-state index in [9.17, 15) is 5.11 Å². The van der Waals surface area contributed by atoms with Gasteiger partial charge in [-0.25, -0.2) is 0 Å². The lowest BCUT2D eigenvalue weighted by Gasteiger charge is -2.11.